The summed E-state index contributed by atoms with van der Waals surface area (Å²) in [7, 11) is 0. The van der Waals surface area contributed by atoms with Crippen LogP contribution in [0.2, 0.25) is 0 Å². The molecule has 1 aliphatic heterocycles. The van der Waals surface area contributed by atoms with Gasteiger partial charge in [0.05, 0.1) is 11.9 Å². The van der Waals surface area contributed by atoms with Crippen molar-refractivity contribution in [2.45, 2.75) is 24.1 Å². The minimum absolute atomic E-state index is 0.0671. The summed E-state index contributed by atoms with van der Waals surface area (Å²) < 4.78 is 7.81. The molecule has 7 nitrogen and oxygen atoms in total. The molecule has 1 amide bonds. The maximum Gasteiger partial charge on any atom is 0.230 e. The van der Waals surface area contributed by atoms with Crippen molar-refractivity contribution in [2.24, 2.45) is 0 Å². The number of halogens is 1. The van der Waals surface area contributed by atoms with Gasteiger partial charge in [-0.05, 0) is 25.0 Å². The molecule has 0 unspecified atom stereocenters. The highest BCUT2D eigenvalue weighted by Gasteiger charge is 2.17. The lowest BCUT2D eigenvalue weighted by Gasteiger charge is -2.10. The Hall–Kier alpha value is -1.58. The van der Waals surface area contributed by atoms with Crippen LogP contribution in [0.3, 0.4) is 0 Å². The van der Waals surface area contributed by atoms with Crippen molar-refractivity contribution in [1.29, 1.82) is 0 Å². The van der Waals surface area contributed by atoms with E-state index in [0.29, 0.717) is 17.5 Å². The molecule has 2 heterocycles. The summed E-state index contributed by atoms with van der Waals surface area (Å²) in [5, 5.41) is 11.5. The molecule has 0 bridgehead atoms. The van der Waals surface area contributed by atoms with Crippen molar-refractivity contribution in [3.63, 3.8) is 0 Å². The molecule has 1 aliphatic rings. The summed E-state index contributed by atoms with van der Waals surface area (Å²) in [5.74, 6) is 6.77. The summed E-state index contributed by atoms with van der Waals surface area (Å²) >= 11 is 4.68. The summed E-state index contributed by atoms with van der Waals surface area (Å²) in [5.41, 5.74) is 0.856. The van der Waals surface area contributed by atoms with Gasteiger partial charge in [-0.15, -0.1) is 10.2 Å². The zero-order chi connectivity index (χ0) is 16.9. The van der Waals surface area contributed by atoms with Gasteiger partial charge in [-0.25, -0.2) is 4.68 Å². The molecule has 1 saturated heterocycles. The maximum atomic E-state index is 11.9. The Morgan fingerprint density at radius 3 is 3.12 bits per heavy atom. The molecular weight excluding hydrogens is 394 g/mol. The second kappa shape index (κ2) is 8.00. The van der Waals surface area contributed by atoms with Gasteiger partial charge in [-0.3, -0.25) is 4.79 Å². The van der Waals surface area contributed by atoms with Crippen LogP contribution >= 0.6 is 27.7 Å². The number of nitrogens with zero attached hydrogens (tertiary/aromatic N) is 3. The standard InChI is InChI=1S/C15H18BrN5O2S/c16-11-4-1-3-10(7-11)14-19-20-15(21(14)17)24-9-13(22)18-8-12-5-2-6-23-12/h1,3-4,7,12H,2,5-6,8-9,17H2,(H,18,22)/t12-/m0/s1. The molecule has 1 fully saturated rings. The van der Waals surface area contributed by atoms with Gasteiger partial charge >= 0.3 is 0 Å². The van der Waals surface area contributed by atoms with E-state index >= 15 is 0 Å². The highest BCUT2D eigenvalue weighted by Crippen LogP contribution is 2.23. The number of carbonyl (C=O) groups is 1. The number of benzene rings is 1. The first-order chi connectivity index (χ1) is 11.6. The van der Waals surface area contributed by atoms with E-state index in [1.807, 2.05) is 24.3 Å². The second-order valence-corrected chi connectivity index (χ2v) is 7.27. The van der Waals surface area contributed by atoms with Crippen LogP contribution in [0.1, 0.15) is 12.8 Å². The van der Waals surface area contributed by atoms with Gasteiger partial charge in [-0.1, -0.05) is 39.8 Å². The van der Waals surface area contributed by atoms with Crippen molar-refractivity contribution in [2.75, 3.05) is 24.7 Å². The Kier molecular flexibility index (Phi) is 5.75. The zero-order valence-corrected chi connectivity index (χ0v) is 15.3. The van der Waals surface area contributed by atoms with Gasteiger partial charge in [0.1, 0.15) is 0 Å². The Morgan fingerprint density at radius 2 is 2.38 bits per heavy atom. The summed E-state index contributed by atoms with van der Waals surface area (Å²) in [6, 6.07) is 7.64. The topological polar surface area (TPSA) is 95.1 Å². The third kappa shape index (κ3) is 4.28. The van der Waals surface area contributed by atoms with Gasteiger partial charge in [0, 0.05) is 23.2 Å². The predicted octanol–water partition coefficient (Wildman–Crippen LogP) is 1.81. The number of hydrogen-bond donors (Lipinski definition) is 2. The lowest BCUT2D eigenvalue weighted by Crippen LogP contribution is -2.33. The Labute approximate surface area is 152 Å². The second-order valence-electron chi connectivity index (χ2n) is 5.41. The molecule has 9 heteroatoms. The fourth-order valence-electron chi connectivity index (χ4n) is 2.41. The zero-order valence-electron chi connectivity index (χ0n) is 12.9. The third-order valence-electron chi connectivity index (χ3n) is 3.63. The normalized spacial score (nSPS) is 17.1. The molecule has 24 heavy (non-hydrogen) atoms. The molecule has 1 aromatic carbocycles. The van der Waals surface area contributed by atoms with E-state index < -0.39 is 0 Å². The van der Waals surface area contributed by atoms with Crippen LogP contribution in [-0.2, 0) is 9.53 Å². The molecule has 0 aliphatic carbocycles. The average Bonchev–Trinajstić information content (AvgIpc) is 3.21. The number of rotatable bonds is 6. The van der Waals surface area contributed by atoms with Crippen LogP contribution in [-0.4, -0.2) is 45.8 Å². The number of ether oxygens (including phenoxy) is 1. The van der Waals surface area contributed by atoms with Gasteiger partial charge < -0.3 is 15.9 Å². The molecule has 0 saturated carbocycles. The first kappa shape index (κ1) is 17.2. The van der Waals surface area contributed by atoms with Crippen molar-refractivity contribution >= 4 is 33.6 Å². The van der Waals surface area contributed by atoms with E-state index in [0.717, 1.165) is 29.5 Å². The number of nitrogen functional groups attached to an aromatic ring is 1. The van der Waals surface area contributed by atoms with Gasteiger partial charge in [0.2, 0.25) is 11.1 Å². The summed E-state index contributed by atoms with van der Waals surface area (Å²) in [6.45, 7) is 1.34. The lowest BCUT2D eigenvalue weighted by molar-refractivity contribution is -0.119. The maximum absolute atomic E-state index is 11.9. The van der Waals surface area contributed by atoms with Crippen molar-refractivity contribution < 1.29 is 9.53 Å². The van der Waals surface area contributed by atoms with E-state index in [-0.39, 0.29) is 17.8 Å². The number of amides is 1. The van der Waals surface area contributed by atoms with Crippen LogP contribution in [0.4, 0.5) is 0 Å². The minimum Gasteiger partial charge on any atom is -0.376 e. The monoisotopic (exact) mass is 411 g/mol. The SMILES string of the molecule is Nn1c(SCC(=O)NC[C@@H]2CCCO2)nnc1-c1cccc(Br)c1. The third-order valence-corrected chi connectivity index (χ3v) is 5.07. The van der Waals surface area contributed by atoms with E-state index in [1.165, 1.54) is 16.4 Å². The lowest BCUT2D eigenvalue weighted by atomic mass is 10.2. The number of thioether (sulfide) groups is 1. The van der Waals surface area contributed by atoms with Crippen molar-refractivity contribution in [3.8, 4) is 11.4 Å². The molecule has 3 N–H and O–H groups in total. The van der Waals surface area contributed by atoms with Crippen LogP contribution in [0, 0.1) is 0 Å². The number of carbonyl (C=O) groups excluding carboxylic acids is 1. The Bertz CT molecular complexity index is 718. The Balaban J connectivity index is 1.55. The molecule has 0 spiro atoms. The fourth-order valence-corrected chi connectivity index (χ4v) is 3.50. The minimum atomic E-state index is -0.0671. The highest BCUT2D eigenvalue weighted by molar-refractivity contribution is 9.10. The quantitative estimate of drug-likeness (QED) is 0.555. The van der Waals surface area contributed by atoms with E-state index in [2.05, 4.69) is 31.4 Å². The first-order valence-corrected chi connectivity index (χ1v) is 9.39. The number of nitrogens with one attached hydrogen (secondary N) is 1. The first-order valence-electron chi connectivity index (χ1n) is 7.61. The number of hydrogen-bond acceptors (Lipinski definition) is 6. The predicted molar refractivity (Wildman–Crippen MR) is 96.0 cm³/mol. The fraction of sp³-hybridized carbons (Fsp3) is 0.400. The molecule has 1 aromatic heterocycles. The summed E-state index contributed by atoms with van der Waals surface area (Å²) in [6.07, 6.45) is 2.20. The molecule has 2 aromatic rings. The van der Waals surface area contributed by atoms with Crippen LogP contribution in [0.5, 0.6) is 0 Å². The van der Waals surface area contributed by atoms with Gasteiger partial charge in [0.25, 0.3) is 0 Å². The number of aromatic nitrogens is 3. The van der Waals surface area contributed by atoms with Crippen LogP contribution < -0.4 is 11.2 Å². The average molecular weight is 412 g/mol. The van der Waals surface area contributed by atoms with Crippen LogP contribution in [0.15, 0.2) is 33.9 Å². The largest absolute Gasteiger partial charge is 0.376 e. The van der Waals surface area contributed by atoms with Gasteiger partial charge in [-0.2, -0.15) is 0 Å². The molecular formula is C15H18BrN5O2S. The van der Waals surface area contributed by atoms with E-state index in [9.17, 15) is 4.79 Å². The van der Waals surface area contributed by atoms with Gasteiger partial charge in [0.15, 0.2) is 5.82 Å². The smallest absolute Gasteiger partial charge is 0.230 e. The molecule has 3 rings (SSSR count). The molecule has 128 valence electrons. The number of nitrogens with two attached hydrogens (primary N) is 1. The molecule has 1 atom stereocenters. The summed E-state index contributed by atoms with van der Waals surface area (Å²) in [4.78, 5) is 11.9. The highest BCUT2D eigenvalue weighted by atomic mass is 79.9. The van der Waals surface area contributed by atoms with E-state index in [1.54, 1.807) is 0 Å². The van der Waals surface area contributed by atoms with Crippen LogP contribution in [0.25, 0.3) is 11.4 Å². The van der Waals surface area contributed by atoms with E-state index in [4.69, 9.17) is 10.6 Å². The Morgan fingerprint density at radius 1 is 1.50 bits per heavy atom. The van der Waals surface area contributed by atoms with Crippen molar-refractivity contribution in [3.05, 3.63) is 28.7 Å². The van der Waals surface area contributed by atoms with Crippen molar-refractivity contribution in [1.82, 2.24) is 20.2 Å². The molecule has 0 radical (unpaired) electrons.